The number of aromatic nitrogens is 2. The number of phenols is 1. The van der Waals surface area contributed by atoms with Gasteiger partial charge in [-0.25, -0.2) is 0 Å². The molecule has 0 bridgehead atoms. The summed E-state index contributed by atoms with van der Waals surface area (Å²) in [6, 6.07) is 9.28. The van der Waals surface area contributed by atoms with Crippen LogP contribution in [0.3, 0.4) is 0 Å². The number of phenolic OH excluding ortho intramolecular Hbond substituents is 1. The Bertz CT molecular complexity index is 930. The highest BCUT2D eigenvalue weighted by molar-refractivity contribution is 5.82. The molecule has 6 nitrogen and oxygen atoms in total. The van der Waals surface area contributed by atoms with Crippen LogP contribution < -0.4 is 10.6 Å². The molecule has 1 aliphatic rings. The fourth-order valence-corrected chi connectivity index (χ4v) is 4.48. The van der Waals surface area contributed by atoms with E-state index in [1.54, 1.807) is 24.3 Å². The van der Waals surface area contributed by atoms with Crippen LogP contribution in [-0.4, -0.2) is 37.5 Å². The van der Waals surface area contributed by atoms with E-state index in [1.807, 2.05) is 25.1 Å². The molecule has 6 heteroatoms. The molecule has 0 aliphatic carbocycles. The molecule has 0 saturated carbocycles. The third-order valence-electron chi connectivity index (χ3n) is 5.31. The molecule has 30 heavy (non-hydrogen) atoms. The van der Waals surface area contributed by atoms with Crippen molar-refractivity contribution >= 4 is 23.5 Å². The number of anilines is 1. The number of allylic oxidation sites excluding steroid dienone is 1. The molecule has 2 heterocycles. The fraction of sp³-hybridized carbons (Fsp3) is 0.417. The third-order valence-corrected chi connectivity index (χ3v) is 5.31. The van der Waals surface area contributed by atoms with E-state index in [9.17, 15) is 5.11 Å². The molecule has 0 amide bonds. The molecule has 4 N–H and O–H groups in total. The van der Waals surface area contributed by atoms with Gasteiger partial charge in [0.1, 0.15) is 11.6 Å². The van der Waals surface area contributed by atoms with Crippen LogP contribution in [0.25, 0.3) is 17.7 Å². The summed E-state index contributed by atoms with van der Waals surface area (Å²) >= 11 is 0. The molecule has 0 unspecified atom stereocenters. The Morgan fingerprint density at radius 1 is 1.07 bits per heavy atom. The Labute approximate surface area is 178 Å². The minimum atomic E-state index is 0.0664. The van der Waals surface area contributed by atoms with Crippen LogP contribution in [0.4, 0.5) is 5.82 Å². The summed E-state index contributed by atoms with van der Waals surface area (Å²) in [5.41, 5.74) is 3.45. The normalized spacial score (nSPS) is 19.2. The molecule has 3 rings (SSSR count). The number of piperidine rings is 1. The van der Waals surface area contributed by atoms with Crippen LogP contribution in [-0.2, 0) is 0 Å². The summed E-state index contributed by atoms with van der Waals surface area (Å²) in [7, 11) is 0. The van der Waals surface area contributed by atoms with E-state index in [-0.39, 0.29) is 16.8 Å². The lowest BCUT2D eigenvalue weighted by Crippen LogP contribution is -2.60. The van der Waals surface area contributed by atoms with Crippen molar-refractivity contribution in [2.24, 2.45) is 0 Å². The highest BCUT2D eigenvalue weighted by Gasteiger charge is 2.37. The van der Waals surface area contributed by atoms with Crippen molar-refractivity contribution in [2.75, 3.05) is 5.32 Å². The molecular formula is C24H32N4O2. The number of benzene rings is 1. The molecule has 1 aromatic heterocycles. The van der Waals surface area contributed by atoms with Crippen LogP contribution >= 0.6 is 0 Å². The molecule has 2 aromatic rings. The Morgan fingerprint density at radius 3 is 2.37 bits per heavy atom. The molecule has 160 valence electrons. The monoisotopic (exact) mass is 408 g/mol. The smallest absolute Gasteiger partial charge is 0.148 e. The van der Waals surface area contributed by atoms with E-state index in [2.05, 4.69) is 48.5 Å². The zero-order valence-electron chi connectivity index (χ0n) is 18.4. The molecule has 1 aliphatic heterocycles. The van der Waals surface area contributed by atoms with Crippen molar-refractivity contribution in [1.82, 2.24) is 15.5 Å². The predicted molar refractivity (Wildman–Crippen MR) is 123 cm³/mol. The molecule has 0 radical (unpaired) electrons. The van der Waals surface area contributed by atoms with Crippen molar-refractivity contribution in [1.29, 1.82) is 0 Å². The first kappa shape index (κ1) is 21.8. The fourth-order valence-electron chi connectivity index (χ4n) is 4.48. The van der Waals surface area contributed by atoms with Gasteiger partial charge in [0, 0.05) is 17.1 Å². The van der Waals surface area contributed by atoms with Crippen molar-refractivity contribution in [3.8, 4) is 5.75 Å². The minimum Gasteiger partial charge on any atom is -0.516 e. The SMILES string of the molecule is C/C(=C\c1ccc(O)cc1/C=C/O)c1ccc(NC2CC(C)(C)NC(C)(C)C2)nn1. The topological polar surface area (TPSA) is 90.3 Å². The van der Waals surface area contributed by atoms with Gasteiger partial charge in [0.05, 0.1) is 12.0 Å². The Kier molecular flexibility index (Phi) is 6.17. The highest BCUT2D eigenvalue weighted by atomic mass is 16.3. The van der Waals surface area contributed by atoms with Gasteiger partial charge in [0.15, 0.2) is 0 Å². The largest absolute Gasteiger partial charge is 0.516 e. The van der Waals surface area contributed by atoms with E-state index in [1.165, 1.54) is 0 Å². The summed E-state index contributed by atoms with van der Waals surface area (Å²) in [6.45, 7) is 10.9. The average Bonchev–Trinajstić information content (AvgIpc) is 2.62. The lowest BCUT2D eigenvalue weighted by atomic mass is 9.79. The van der Waals surface area contributed by atoms with Crippen LogP contribution in [0.1, 0.15) is 64.3 Å². The maximum atomic E-state index is 9.68. The number of aromatic hydroxyl groups is 1. The van der Waals surface area contributed by atoms with Crippen molar-refractivity contribution in [2.45, 2.75) is 64.6 Å². The van der Waals surface area contributed by atoms with Gasteiger partial charge in [-0.1, -0.05) is 6.07 Å². The van der Waals surface area contributed by atoms with Crippen molar-refractivity contribution in [3.63, 3.8) is 0 Å². The molecule has 0 atom stereocenters. The standard InChI is InChI=1S/C24H32N4O2/c1-16(12-17-6-7-20(30)13-18(17)10-11-29)21-8-9-22(27-26-21)25-19-14-23(2,3)28-24(4,5)15-19/h6-13,19,28-30H,14-15H2,1-5H3,(H,25,27)/b11-10+,16-12+. The Hall–Kier alpha value is -2.86. The van der Waals surface area contributed by atoms with Crippen molar-refractivity contribution < 1.29 is 10.2 Å². The van der Waals surface area contributed by atoms with E-state index < -0.39 is 0 Å². The van der Waals surface area contributed by atoms with Crippen LogP contribution in [0.5, 0.6) is 5.75 Å². The second kappa shape index (κ2) is 8.48. The highest BCUT2D eigenvalue weighted by Crippen LogP contribution is 2.30. The van der Waals surface area contributed by atoms with Gasteiger partial charge in [-0.3, -0.25) is 0 Å². The Balaban J connectivity index is 1.75. The van der Waals surface area contributed by atoms with Gasteiger partial charge < -0.3 is 20.8 Å². The first-order chi connectivity index (χ1) is 14.1. The second-order valence-electron chi connectivity index (χ2n) is 9.40. The number of aliphatic hydroxyl groups excluding tert-OH is 1. The van der Waals surface area contributed by atoms with Gasteiger partial charge in [-0.15, -0.1) is 10.2 Å². The molecule has 1 saturated heterocycles. The zero-order chi connectivity index (χ0) is 21.9. The Morgan fingerprint density at radius 2 is 1.77 bits per heavy atom. The van der Waals surface area contributed by atoms with E-state index in [4.69, 9.17) is 5.11 Å². The molecule has 1 aromatic carbocycles. The van der Waals surface area contributed by atoms with Crippen LogP contribution in [0, 0.1) is 0 Å². The van der Waals surface area contributed by atoms with Crippen molar-refractivity contribution in [3.05, 3.63) is 53.4 Å². The van der Waals surface area contributed by atoms with Crippen LogP contribution in [0.2, 0.25) is 0 Å². The number of hydrogen-bond donors (Lipinski definition) is 4. The van der Waals surface area contributed by atoms with E-state index in [0.29, 0.717) is 6.04 Å². The summed E-state index contributed by atoms with van der Waals surface area (Å²) in [5, 5.41) is 34.8. The third kappa shape index (κ3) is 5.60. The van der Waals surface area contributed by atoms with Crippen LogP contribution in [0.15, 0.2) is 36.6 Å². The number of aliphatic hydroxyl groups is 1. The van der Waals surface area contributed by atoms with Gasteiger partial charge in [0.2, 0.25) is 0 Å². The first-order valence-corrected chi connectivity index (χ1v) is 10.3. The van der Waals surface area contributed by atoms with Gasteiger partial charge >= 0.3 is 0 Å². The average molecular weight is 409 g/mol. The quantitative estimate of drug-likeness (QED) is 0.521. The number of hydrogen-bond acceptors (Lipinski definition) is 6. The number of rotatable bonds is 5. The molecule has 0 spiro atoms. The first-order valence-electron chi connectivity index (χ1n) is 10.3. The van der Waals surface area contributed by atoms with Gasteiger partial charge in [0.25, 0.3) is 0 Å². The minimum absolute atomic E-state index is 0.0664. The lowest BCUT2D eigenvalue weighted by molar-refractivity contribution is 0.170. The van der Waals surface area contributed by atoms with E-state index in [0.717, 1.165) is 47.3 Å². The zero-order valence-corrected chi connectivity index (χ0v) is 18.4. The van der Waals surface area contributed by atoms with E-state index >= 15 is 0 Å². The molecule has 1 fully saturated rings. The number of nitrogens with zero attached hydrogens (tertiary/aromatic N) is 2. The van der Waals surface area contributed by atoms with Gasteiger partial charge in [-0.05, 0) is 101 Å². The second-order valence-corrected chi connectivity index (χ2v) is 9.40. The number of nitrogens with one attached hydrogen (secondary N) is 2. The summed E-state index contributed by atoms with van der Waals surface area (Å²) in [4.78, 5) is 0. The summed E-state index contributed by atoms with van der Waals surface area (Å²) < 4.78 is 0. The predicted octanol–water partition coefficient (Wildman–Crippen LogP) is 4.99. The maximum Gasteiger partial charge on any atom is 0.148 e. The summed E-state index contributed by atoms with van der Waals surface area (Å²) in [6.07, 6.45) is 6.50. The summed E-state index contributed by atoms with van der Waals surface area (Å²) in [5.74, 6) is 0.927. The van der Waals surface area contributed by atoms with Gasteiger partial charge in [-0.2, -0.15) is 0 Å². The lowest BCUT2D eigenvalue weighted by Gasteiger charge is -2.46. The maximum absolute atomic E-state index is 9.68. The molecular weight excluding hydrogens is 376 g/mol.